The Labute approximate surface area is 122 Å². The topological polar surface area (TPSA) is 71.3 Å². The van der Waals surface area contributed by atoms with Crippen LogP contribution in [0.25, 0.3) is 0 Å². The summed E-state index contributed by atoms with van der Waals surface area (Å²) in [5, 5.41) is 11.8. The number of amides is 1. The lowest BCUT2D eigenvalue weighted by atomic mass is 9.93. The molecule has 1 saturated carbocycles. The van der Waals surface area contributed by atoms with Crippen molar-refractivity contribution < 1.29 is 14.7 Å². The van der Waals surface area contributed by atoms with E-state index < -0.39 is 12.0 Å². The summed E-state index contributed by atoms with van der Waals surface area (Å²) in [6, 6.07) is 3.16. The van der Waals surface area contributed by atoms with Crippen LogP contribution in [0.2, 0.25) is 0 Å². The molecule has 0 radical (unpaired) electrons. The Bertz CT molecular complexity index is 483. The molecule has 1 fully saturated rings. The summed E-state index contributed by atoms with van der Waals surface area (Å²) in [4.78, 5) is 23.4. The fraction of sp³-hybridized carbons (Fsp3) is 0.571. The summed E-state index contributed by atoms with van der Waals surface area (Å²) in [5.41, 5.74) is 0.560. The maximum absolute atomic E-state index is 12.2. The number of carbonyl (C=O) groups is 2. The molecule has 1 aromatic heterocycles. The monoisotopic (exact) mass is 296 g/mol. The van der Waals surface area contributed by atoms with Crippen LogP contribution in [0, 0.1) is 0 Å². The highest BCUT2D eigenvalue weighted by Gasteiger charge is 2.25. The van der Waals surface area contributed by atoms with Gasteiger partial charge in [-0.05, 0) is 49.8 Å². The molecule has 1 aromatic rings. The predicted octanol–water partition coefficient (Wildman–Crippen LogP) is 2.15. The Kier molecular flexibility index (Phi) is 5.11. The first kappa shape index (κ1) is 15.0. The SMILES string of the molecule is CSCC[C@@H](NC(=O)c1cccn1C1CCC1)C(=O)O. The van der Waals surface area contributed by atoms with E-state index in [4.69, 9.17) is 5.11 Å². The average Bonchev–Trinajstić information content (AvgIpc) is 2.80. The van der Waals surface area contributed by atoms with E-state index in [1.807, 2.05) is 23.1 Å². The Morgan fingerprint density at radius 1 is 1.55 bits per heavy atom. The molecule has 0 spiro atoms. The van der Waals surface area contributed by atoms with Gasteiger partial charge in [0.1, 0.15) is 11.7 Å². The summed E-state index contributed by atoms with van der Waals surface area (Å²) in [6.45, 7) is 0. The molecule has 6 heteroatoms. The van der Waals surface area contributed by atoms with Gasteiger partial charge >= 0.3 is 5.97 Å². The van der Waals surface area contributed by atoms with Crippen molar-refractivity contribution in [2.75, 3.05) is 12.0 Å². The normalized spacial score (nSPS) is 16.4. The number of hydrogen-bond acceptors (Lipinski definition) is 3. The molecule has 2 rings (SSSR count). The van der Waals surface area contributed by atoms with Crippen LogP contribution >= 0.6 is 11.8 Å². The van der Waals surface area contributed by atoms with Gasteiger partial charge in [-0.25, -0.2) is 4.79 Å². The van der Waals surface area contributed by atoms with E-state index in [-0.39, 0.29) is 5.91 Å². The van der Waals surface area contributed by atoms with Crippen LogP contribution in [0.5, 0.6) is 0 Å². The fourth-order valence-electron chi connectivity index (χ4n) is 2.29. The van der Waals surface area contributed by atoms with Crippen LogP contribution in [0.1, 0.15) is 42.2 Å². The Balaban J connectivity index is 2.02. The maximum atomic E-state index is 12.2. The number of carbonyl (C=O) groups excluding carboxylic acids is 1. The second-order valence-corrected chi connectivity index (χ2v) is 6.02. The van der Waals surface area contributed by atoms with Crippen molar-refractivity contribution in [2.24, 2.45) is 0 Å². The number of nitrogens with one attached hydrogen (secondary N) is 1. The van der Waals surface area contributed by atoms with Gasteiger partial charge in [-0.15, -0.1) is 0 Å². The van der Waals surface area contributed by atoms with Crippen LogP contribution in [0.3, 0.4) is 0 Å². The third-order valence-electron chi connectivity index (χ3n) is 3.69. The van der Waals surface area contributed by atoms with Gasteiger partial charge in [0.15, 0.2) is 0 Å². The zero-order valence-corrected chi connectivity index (χ0v) is 12.4. The standard InChI is InChI=1S/C14H20N2O3S/c1-20-9-7-11(14(18)19)15-13(17)12-6-3-8-16(12)10-4-2-5-10/h3,6,8,10-11H,2,4-5,7,9H2,1H3,(H,15,17)(H,18,19)/t11-/m1/s1. The third-order valence-corrected chi connectivity index (χ3v) is 4.34. The number of aliphatic carboxylic acids is 1. The first-order chi connectivity index (χ1) is 9.63. The first-order valence-electron chi connectivity index (χ1n) is 6.83. The lowest BCUT2D eigenvalue weighted by Crippen LogP contribution is -2.42. The molecule has 0 aromatic carbocycles. The molecule has 5 nitrogen and oxygen atoms in total. The number of nitrogens with zero attached hydrogens (tertiary/aromatic N) is 1. The van der Waals surface area contributed by atoms with Crippen molar-refractivity contribution >= 4 is 23.6 Å². The molecule has 110 valence electrons. The van der Waals surface area contributed by atoms with E-state index in [9.17, 15) is 9.59 Å². The van der Waals surface area contributed by atoms with Crippen LogP contribution in [-0.4, -0.2) is 39.6 Å². The molecule has 2 N–H and O–H groups in total. The van der Waals surface area contributed by atoms with Crippen LogP contribution in [0.4, 0.5) is 0 Å². The minimum Gasteiger partial charge on any atom is -0.480 e. The van der Waals surface area contributed by atoms with Crippen LogP contribution in [-0.2, 0) is 4.79 Å². The number of carboxylic acids is 1. The summed E-state index contributed by atoms with van der Waals surface area (Å²) < 4.78 is 1.96. The molecular weight excluding hydrogens is 276 g/mol. The van der Waals surface area contributed by atoms with Gasteiger partial charge in [-0.3, -0.25) is 4.79 Å². The van der Waals surface area contributed by atoms with Crippen molar-refractivity contribution in [3.63, 3.8) is 0 Å². The van der Waals surface area contributed by atoms with Gasteiger partial charge in [0.25, 0.3) is 5.91 Å². The van der Waals surface area contributed by atoms with Gasteiger partial charge in [0.05, 0.1) is 0 Å². The Morgan fingerprint density at radius 3 is 2.85 bits per heavy atom. The van der Waals surface area contributed by atoms with Crippen molar-refractivity contribution in [1.29, 1.82) is 0 Å². The van der Waals surface area contributed by atoms with Crippen LogP contribution in [0.15, 0.2) is 18.3 Å². The largest absolute Gasteiger partial charge is 0.480 e. The second-order valence-electron chi connectivity index (χ2n) is 5.03. The third kappa shape index (κ3) is 3.36. The summed E-state index contributed by atoms with van der Waals surface area (Å²) >= 11 is 1.57. The molecule has 20 heavy (non-hydrogen) atoms. The molecule has 1 amide bonds. The van der Waals surface area contributed by atoms with Crippen LogP contribution < -0.4 is 5.32 Å². The van der Waals surface area contributed by atoms with Crippen molar-refractivity contribution in [2.45, 2.75) is 37.8 Å². The van der Waals surface area contributed by atoms with E-state index in [1.54, 1.807) is 17.8 Å². The van der Waals surface area contributed by atoms with Gasteiger partial charge in [-0.1, -0.05) is 0 Å². The molecular formula is C14H20N2O3S. The lowest BCUT2D eigenvalue weighted by Gasteiger charge is -2.29. The van der Waals surface area contributed by atoms with Gasteiger partial charge in [-0.2, -0.15) is 11.8 Å². The van der Waals surface area contributed by atoms with E-state index in [1.165, 1.54) is 6.42 Å². The molecule has 1 atom stereocenters. The van der Waals surface area contributed by atoms with Crippen molar-refractivity contribution in [1.82, 2.24) is 9.88 Å². The van der Waals surface area contributed by atoms with Gasteiger partial charge in [0, 0.05) is 12.2 Å². The lowest BCUT2D eigenvalue weighted by molar-refractivity contribution is -0.139. The molecule has 0 unspecified atom stereocenters. The van der Waals surface area contributed by atoms with E-state index in [0.29, 0.717) is 23.9 Å². The molecule has 1 aliphatic carbocycles. The number of carboxylic acid groups (broad SMARTS) is 1. The summed E-state index contributed by atoms with van der Waals surface area (Å²) in [7, 11) is 0. The predicted molar refractivity (Wildman–Crippen MR) is 79.2 cm³/mol. The molecule has 0 aliphatic heterocycles. The zero-order valence-electron chi connectivity index (χ0n) is 11.5. The molecule has 1 heterocycles. The number of thioether (sulfide) groups is 1. The summed E-state index contributed by atoms with van der Waals surface area (Å²) in [6.07, 6.45) is 7.62. The minimum atomic E-state index is -0.978. The number of hydrogen-bond donors (Lipinski definition) is 2. The Morgan fingerprint density at radius 2 is 2.30 bits per heavy atom. The van der Waals surface area contributed by atoms with E-state index >= 15 is 0 Å². The minimum absolute atomic E-state index is 0.296. The Hall–Kier alpha value is -1.43. The molecule has 0 bridgehead atoms. The smallest absolute Gasteiger partial charge is 0.326 e. The maximum Gasteiger partial charge on any atom is 0.326 e. The molecule has 0 saturated heterocycles. The highest BCUT2D eigenvalue weighted by atomic mass is 32.2. The average molecular weight is 296 g/mol. The first-order valence-corrected chi connectivity index (χ1v) is 8.22. The van der Waals surface area contributed by atoms with Gasteiger partial charge < -0.3 is 15.0 Å². The number of rotatable bonds is 7. The number of aromatic nitrogens is 1. The highest BCUT2D eigenvalue weighted by molar-refractivity contribution is 7.98. The van der Waals surface area contributed by atoms with Gasteiger partial charge in [0.2, 0.25) is 0 Å². The fourth-order valence-corrected chi connectivity index (χ4v) is 2.77. The highest BCUT2D eigenvalue weighted by Crippen LogP contribution is 2.32. The second kappa shape index (κ2) is 6.83. The quantitative estimate of drug-likeness (QED) is 0.809. The summed E-state index contributed by atoms with van der Waals surface area (Å²) in [5.74, 6) is -0.564. The zero-order chi connectivity index (χ0) is 14.5. The van der Waals surface area contributed by atoms with Crippen molar-refractivity contribution in [3.05, 3.63) is 24.0 Å². The molecule has 1 aliphatic rings. The van der Waals surface area contributed by atoms with E-state index in [0.717, 1.165) is 12.8 Å². The van der Waals surface area contributed by atoms with E-state index in [2.05, 4.69) is 5.32 Å². The van der Waals surface area contributed by atoms with Crippen molar-refractivity contribution in [3.8, 4) is 0 Å².